The van der Waals surface area contributed by atoms with E-state index in [1.165, 1.54) is 4.88 Å². The summed E-state index contributed by atoms with van der Waals surface area (Å²) in [4.78, 5) is 12.8. The van der Waals surface area contributed by atoms with Crippen LogP contribution in [0.3, 0.4) is 0 Å². The van der Waals surface area contributed by atoms with Crippen molar-refractivity contribution in [1.29, 1.82) is 0 Å². The molecular weight excluding hydrogens is 196 g/mol. The van der Waals surface area contributed by atoms with Gasteiger partial charge in [0.1, 0.15) is 0 Å². The largest absolute Gasteiger partial charge is 0.348 e. The molecule has 1 aromatic rings. The molecule has 0 aliphatic carbocycles. The van der Waals surface area contributed by atoms with Crippen LogP contribution in [-0.2, 0) is 4.79 Å². The molecule has 3 nitrogen and oxygen atoms in total. The van der Waals surface area contributed by atoms with E-state index >= 15 is 0 Å². The zero-order chi connectivity index (χ0) is 9.97. The highest BCUT2D eigenvalue weighted by Gasteiger charge is 2.25. The van der Waals surface area contributed by atoms with E-state index in [0.717, 1.165) is 13.1 Å². The van der Waals surface area contributed by atoms with Crippen molar-refractivity contribution in [3.05, 3.63) is 22.4 Å². The van der Waals surface area contributed by atoms with E-state index in [4.69, 9.17) is 0 Å². The quantitative estimate of drug-likeness (QED) is 0.785. The average molecular weight is 210 g/mol. The van der Waals surface area contributed by atoms with Crippen LogP contribution in [0.2, 0.25) is 0 Å². The molecule has 2 heterocycles. The predicted molar refractivity (Wildman–Crippen MR) is 57.2 cm³/mol. The van der Waals surface area contributed by atoms with E-state index < -0.39 is 0 Å². The zero-order valence-corrected chi connectivity index (χ0v) is 8.93. The second-order valence-corrected chi connectivity index (χ2v) is 4.58. The van der Waals surface area contributed by atoms with E-state index in [-0.39, 0.29) is 17.9 Å². The van der Waals surface area contributed by atoms with Gasteiger partial charge in [-0.2, -0.15) is 0 Å². The standard InChI is InChI=1S/C10H14N2OS/c1-7(9-3-2-4-14-9)12-10(13)8-5-11-6-8/h2-4,7-8,11H,5-6H2,1H3,(H,12,13)/t7-/m1/s1. The summed E-state index contributed by atoms with van der Waals surface area (Å²) >= 11 is 1.68. The molecule has 2 N–H and O–H groups in total. The highest BCUT2D eigenvalue weighted by molar-refractivity contribution is 7.10. The van der Waals surface area contributed by atoms with Gasteiger partial charge < -0.3 is 10.6 Å². The Kier molecular flexibility index (Phi) is 2.84. The first-order valence-electron chi connectivity index (χ1n) is 4.82. The van der Waals surface area contributed by atoms with Gasteiger partial charge in [0.25, 0.3) is 0 Å². The van der Waals surface area contributed by atoms with Gasteiger partial charge in [-0.3, -0.25) is 4.79 Å². The van der Waals surface area contributed by atoms with Crippen molar-refractivity contribution in [3.8, 4) is 0 Å². The van der Waals surface area contributed by atoms with Crippen molar-refractivity contribution >= 4 is 17.2 Å². The maximum Gasteiger partial charge on any atom is 0.226 e. The van der Waals surface area contributed by atoms with E-state index in [9.17, 15) is 4.79 Å². The Balaban J connectivity index is 1.87. The van der Waals surface area contributed by atoms with Gasteiger partial charge in [-0.25, -0.2) is 0 Å². The van der Waals surface area contributed by atoms with Gasteiger partial charge in [0, 0.05) is 18.0 Å². The highest BCUT2D eigenvalue weighted by atomic mass is 32.1. The summed E-state index contributed by atoms with van der Waals surface area (Å²) in [6.45, 7) is 3.67. The van der Waals surface area contributed by atoms with E-state index in [0.29, 0.717) is 0 Å². The van der Waals surface area contributed by atoms with Gasteiger partial charge >= 0.3 is 0 Å². The van der Waals surface area contributed by atoms with Crippen LogP contribution < -0.4 is 10.6 Å². The minimum atomic E-state index is 0.142. The Hall–Kier alpha value is -0.870. The molecule has 0 bridgehead atoms. The zero-order valence-electron chi connectivity index (χ0n) is 8.12. The Morgan fingerprint density at radius 1 is 1.71 bits per heavy atom. The first-order chi connectivity index (χ1) is 6.77. The van der Waals surface area contributed by atoms with Crippen molar-refractivity contribution in [2.24, 2.45) is 5.92 Å². The van der Waals surface area contributed by atoms with Crippen LogP contribution in [0.1, 0.15) is 17.8 Å². The number of rotatable bonds is 3. The first-order valence-corrected chi connectivity index (χ1v) is 5.70. The summed E-state index contributed by atoms with van der Waals surface area (Å²) in [6.07, 6.45) is 0. The van der Waals surface area contributed by atoms with Crippen molar-refractivity contribution in [3.63, 3.8) is 0 Å². The second-order valence-electron chi connectivity index (χ2n) is 3.60. The van der Waals surface area contributed by atoms with Crippen LogP contribution in [0.25, 0.3) is 0 Å². The number of amides is 1. The maximum atomic E-state index is 11.6. The molecule has 1 aliphatic heterocycles. The molecule has 1 aromatic heterocycles. The van der Waals surface area contributed by atoms with Crippen LogP contribution >= 0.6 is 11.3 Å². The molecule has 14 heavy (non-hydrogen) atoms. The molecule has 2 rings (SSSR count). The molecule has 0 aromatic carbocycles. The van der Waals surface area contributed by atoms with Crippen LogP contribution in [0, 0.1) is 5.92 Å². The van der Waals surface area contributed by atoms with Gasteiger partial charge in [0.2, 0.25) is 5.91 Å². The van der Waals surface area contributed by atoms with Gasteiger partial charge in [-0.15, -0.1) is 11.3 Å². The summed E-state index contributed by atoms with van der Waals surface area (Å²) in [7, 11) is 0. The first kappa shape index (κ1) is 9.68. The summed E-state index contributed by atoms with van der Waals surface area (Å²) < 4.78 is 0. The van der Waals surface area contributed by atoms with E-state index in [2.05, 4.69) is 16.7 Å². The molecule has 4 heteroatoms. The number of thiophene rings is 1. The minimum absolute atomic E-state index is 0.142. The fourth-order valence-electron chi connectivity index (χ4n) is 1.41. The molecule has 1 aliphatic rings. The molecule has 0 radical (unpaired) electrons. The monoisotopic (exact) mass is 210 g/mol. The normalized spacial score (nSPS) is 18.6. The van der Waals surface area contributed by atoms with Crippen molar-refractivity contribution in [1.82, 2.24) is 10.6 Å². The number of nitrogens with one attached hydrogen (secondary N) is 2. The molecule has 1 fully saturated rings. The molecule has 1 atom stereocenters. The van der Waals surface area contributed by atoms with E-state index in [1.54, 1.807) is 11.3 Å². The molecule has 1 saturated heterocycles. The Labute approximate surface area is 87.5 Å². The molecule has 76 valence electrons. The third-order valence-electron chi connectivity index (χ3n) is 2.48. The summed E-state index contributed by atoms with van der Waals surface area (Å²) in [5.74, 6) is 0.349. The molecule has 0 unspecified atom stereocenters. The third kappa shape index (κ3) is 1.96. The second kappa shape index (κ2) is 4.11. The number of hydrogen-bond donors (Lipinski definition) is 2. The van der Waals surface area contributed by atoms with Gasteiger partial charge in [-0.1, -0.05) is 6.07 Å². The smallest absolute Gasteiger partial charge is 0.226 e. The van der Waals surface area contributed by atoms with Crippen LogP contribution in [0.15, 0.2) is 17.5 Å². The third-order valence-corrected chi connectivity index (χ3v) is 3.54. The number of hydrogen-bond acceptors (Lipinski definition) is 3. The van der Waals surface area contributed by atoms with Gasteiger partial charge in [0.15, 0.2) is 0 Å². The van der Waals surface area contributed by atoms with Crippen LogP contribution in [-0.4, -0.2) is 19.0 Å². The highest BCUT2D eigenvalue weighted by Crippen LogP contribution is 2.18. The molecule has 0 saturated carbocycles. The van der Waals surface area contributed by atoms with Crippen LogP contribution in [0.5, 0.6) is 0 Å². The lowest BCUT2D eigenvalue weighted by molar-refractivity contribution is -0.127. The minimum Gasteiger partial charge on any atom is -0.348 e. The Bertz CT molecular complexity index is 306. The lowest BCUT2D eigenvalue weighted by Crippen LogP contribution is -2.51. The number of carbonyl (C=O) groups is 1. The summed E-state index contributed by atoms with van der Waals surface area (Å²) in [5.41, 5.74) is 0. The van der Waals surface area contributed by atoms with Gasteiger partial charge in [-0.05, 0) is 18.4 Å². The molecular formula is C10H14N2OS. The predicted octanol–water partition coefficient (Wildman–Crippen LogP) is 1.14. The molecule has 1 amide bonds. The lowest BCUT2D eigenvalue weighted by Gasteiger charge is -2.27. The Morgan fingerprint density at radius 3 is 3.00 bits per heavy atom. The SMILES string of the molecule is C[C@@H](NC(=O)C1CNC1)c1cccs1. The van der Waals surface area contributed by atoms with Crippen molar-refractivity contribution < 1.29 is 4.79 Å². The lowest BCUT2D eigenvalue weighted by atomic mass is 10.0. The average Bonchev–Trinajstić information content (AvgIpc) is 2.51. The molecule has 0 spiro atoms. The summed E-state index contributed by atoms with van der Waals surface area (Å²) in [5, 5.41) is 8.14. The maximum absolute atomic E-state index is 11.6. The fraction of sp³-hybridized carbons (Fsp3) is 0.500. The van der Waals surface area contributed by atoms with Crippen molar-refractivity contribution in [2.75, 3.05) is 13.1 Å². The van der Waals surface area contributed by atoms with Crippen LogP contribution in [0.4, 0.5) is 0 Å². The Morgan fingerprint density at radius 2 is 2.50 bits per heavy atom. The van der Waals surface area contributed by atoms with E-state index in [1.807, 2.05) is 18.4 Å². The topological polar surface area (TPSA) is 41.1 Å². The number of carbonyl (C=O) groups excluding carboxylic acids is 1. The fourth-order valence-corrected chi connectivity index (χ4v) is 2.15. The van der Waals surface area contributed by atoms with Crippen molar-refractivity contribution in [2.45, 2.75) is 13.0 Å². The van der Waals surface area contributed by atoms with Gasteiger partial charge in [0.05, 0.1) is 12.0 Å². The summed E-state index contributed by atoms with van der Waals surface area (Å²) in [6, 6.07) is 4.20.